The molecule has 0 saturated heterocycles. The van der Waals surface area contributed by atoms with Crippen LogP contribution >= 0.6 is 15.9 Å². The van der Waals surface area contributed by atoms with Crippen LogP contribution in [0.5, 0.6) is 0 Å². The fourth-order valence-corrected chi connectivity index (χ4v) is 0.896. The number of hydrogen-bond donors (Lipinski definition) is 0. The molecule has 0 bridgehead atoms. The molecule has 0 heterocycles. The maximum atomic E-state index is 11.3. The lowest BCUT2D eigenvalue weighted by atomic mass is 9.87. The van der Waals surface area contributed by atoms with Crippen LogP contribution in [0.4, 0.5) is 0 Å². The van der Waals surface area contributed by atoms with Crippen LogP contribution in [-0.2, 0) is 4.79 Å². The van der Waals surface area contributed by atoms with Crippen LogP contribution in [0.2, 0.25) is 0 Å². The van der Waals surface area contributed by atoms with Gasteiger partial charge >= 0.3 is 0 Å². The van der Waals surface area contributed by atoms with Crippen molar-refractivity contribution in [1.29, 1.82) is 0 Å². The van der Waals surface area contributed by atoms with E-state index in [4.69, 9.17) is 0 Å². The molecule has 0 aliphatic carbocycles. The Bertz CT molecular complexity index is 249. The largest absolute Gasteiger partial charge is 0.295 e. The van der Waals surface area contributed by atoms with Crippen molar-refractivity contribution < 1.29 is 4.79 Å². The summed E-state index contributed by atoms with van der Waals surface area (Å²) in [5.74, 6) is 0.0884. The van der Waals surface area contributed by atoms with Crippen LogP contribution in [0.1, 0.15) is 20.3 Å². The van der Waals surface area contributed by atoms with E-state index in [0.717, 1.165) is 0 Å². The summed E-state index contributed by atoms with van der Waals surface area (Å²) in [6.45, 7) is 11.2. The maximum absolute atomic E-state index is 11.3. The second kappa shape index (κ2) is 5.18. The molecule has 0 saturated carbocycles. The van der Waals surface area contributed by atoms with Gasteiger partial charge in [-0.1, -0.05) is 42.4 Å². The van der Waals surface area contributed by atoms with Gasteiger partial charge in [-0.3, -0.25) is 4.79 Å². The summed E-state index contributed by atoms with van der Waals surface area (Å²) in [7, 11) is 0. The van der Waals surface area contributed by atoms with Crippen molar-refractivity contribution in [3.05, 3.63) is 35.9 Å². The van der Waals surface area contributed by atoms with Gasteiger partial charge in [0.1, 0.15) is 0 Å². The molecule has 0 aromatic heterocycles. The second-order valence-corrected chi connectivity index (χ2v) is 4.63. The zero-order valence-corrected chi connectivity index (χ0v) is 9.73. The van der Waals surface area contributed by atoms with Crippen LogP contribution in [0.3, 0.4) is 0 Å². The molecular formula is C11H15BrO. The number of rotatable bonds is 5. The number of allylic oxidation sites excluding steroid dienone is 4. The number of hydrogen-bond acceptors (Lipinski definition) is 1. The van der Waals surface area contributed by atoms with E-state index < -0.39 is 0 Å². The Kier molecular flexibility index (Phi) is 4.92. The third kappa shape index (κ3) is 6.52. The zero-order chi connectivity index (χ0) is 10.5. The van der Waals surface area contributed by atoms with Crippen molar-refractivity contribution >= 4 is 21.7 Å². The van der Waals surface area contributed by atoms with Gasteiger partial charge in [0.05, 0.1) is 0 Å². The first-order valence-corrected chi connectivity index (χ1v) is 4.85. The van der Waals surface area contributed by atoms with Crippen LogP contribution in [0.15, 0.2) is 35.9 Å². The van der Waals surface area contributed by atoms with Crippen molar-refractivity contribution in [3.8, 4) is 0 Å². The molecular weight excluding hydrogens is 228 g/mol. The summed E-state index contributed by atoms with van der Waals surface area (Å²) < 4.78 is 0.706. The second-order valence-electron chi connectivity index (χ2n) is 3.62. The van der Waals surface area contributed by atoms with E-state index in [9.17, 15) is 4.79 Å². The monoisotopic (exact) mass is 242 g/mol. The summed E-state index contributed by atoms with van der Waals surface area (Å²) >= 11 is 3.15. The minimum absolute atomic E-state index is 0.0884. The third-order valence-corrected chi connectivity index (χ3v) is 1.90. The van der Waals surface area contributed by atoms with E-state index in [1.54, 1.807) is 12.2 Å². The predicted octanol–water partition coefficient (Wildman–Crippen LogP) is 3.62. The molecule has 1 nitrogen and oxygen atoms in total. The molecule has 72 valence electrons. The molecule has 0 aromatic rings. The average molecular weight is 243 g/mol. The zero-order valence-electron chi connectivity index (χ0n) is 8.14. The Morgan fingerprint density at radius 1 is 1.46 bits per heavy atom. The highest BCUT2D eigenvalue weighted by atomic mass is 79.9. The van der Waals surface area contributed by atoms with Crippen LogP contribution in [0.25, 0.3) is 0 Å². The van der Waals surface area contributed by atoms with Crippen molar-refractivity contribution in [2.45, 2.75) is 20.3 Å². The lowest BCUT2D eigenvalue weighted by molar-refractivity contribution is -0.115. The first-order valence-electron chi connectivity index (χ1n) is 4.06. The number of carbonyl (C=O) groups is 1. The maximum Gasteiger partial charge on any atom is 0.156 e. The van der Waals surface area contributed by atoms with Gasteiger partial charge in [0, 0.05) is 10.9 Å². The molecule has 0 aliphatic rings. The molecule has 0 spiro atoms. The van der Waals surface area contributed by atoms with E-state index in [0.29, 0.717) is 10.9 Å². The Balaban J connectivity index is 4.17. The lowest BCUT2D eigenvalue weighted by Gasteiger charge is -2.16. The molecule has 0 aliphatic heterocycles. The summed E-state index contributed by atoms with van der Waals surface area (Å²) in [5.41, 5.74) is -0.130. The summed E-state index contributed by atoms with van der Waals surface area (Å²) in [5, 5.41) is 0. The topological polar surface area (TPSA) is 17.1 Å². The van der Waals surface area contributed by atoms with Crippen molar-refractivity contribution in [2.24, 2.45) is 5.41 Å². The minimum atomic E-state index is -0.130. The Morgan fingerprint density at radius 2 is 2.00 bits per heavy atom. The molecule has 13 heavy (non-hydrogen) atoms. The van der Waals surface area contributed by atoms with Gasteiger partial charge in [0.25, 0.3) is 0 Å². The highest BCUT2D eigenvalue weighted by Gasteiger charge is 2.15. The van der Waals surface area contributed by atoms with Gasteiger partial charge in [-0.15, -0.1) is 6.58 Å². The van der Waals surface area contributed by atoms with Gasteiger partial charge in [0.15, 0.2) is 5.78 Å². The third-order valence-electron chi connectivity index (χ3n) is 1.63. The van der Waals surface area contributed by atoms with E-state index in [1.807, 2.05) is 13.8 Å². The number of carbonyl (C=O) groups excluding carboxylic acids is 1. The first kappa shape index (κ1) is 12.4. The van der Waals surface area contributed by atoms with Crippen molar-refractivity contribution in [2.75, 3.05) is 0 Å². The SMILES string of the molecule is C=CC(C)(C)CC(=O)/C=C/C(=C)Br. The standard InChI is InChI=1S/C11H15BrO/c1-5-11(3,4)8-10(13)7-6-9(2)12/h5-7H,1-2,8H2,3-4H3/b7-6+. The quantitative estimate of drug-likeness (QED) is 0.409. The Morgan fingerprint density at radius 3 is 2.38 bits per heavy atom. The van der Waals surface area contributed by atoms with Crippen LogP contribution in [-0.4, -0.2) is 5.78 Å². The van der Waals surface area contributed by atoms with Gasteiger partial charge < -0.3 is 0 Å². The highest BCUT2D eigenvalue weighted by molar-refractivity contribution is 9.11. The molecule has 0 rings (SSSR count). The Hall–Kier alpha value is -0.630. The Labute approximate surface area is 88.3 Å². The van der Waals surface area contributed by atoms with Gasteiger partial charge in [-0.05, 0) is 17.6 Å². The van der Waals surface area contributed by atoms with E-state index in [1.165, 1.54) is 6.08 Å². The van der Waals surface area contributed by atoms with E-state index in [-0.39, 0.29) is 11.2 Å². The summed E-state index contributed by atoms with van der Waals surface area (Å²) in [4.78, 5) is 11.3. The van der Waals surface area contributed by atoms with Gasteiger partial charge in [0.2, 0.25) is 0 Å². The highest BCUT2D eigenvalue weighted by Crippen LogP contribution is 2.21. The molecule has 0 radical (unpaired) electrons. The van der Waals surface area contributed by atoms with Gasteiger partial charge in [-0.2, -0.15) is 0 Å². The summed E-state index contributed by atoms with van der Waals surface area (Å²) in [6, 6.07) is 0. The van der Waals surface area contributed by atoms with Crippen molar-refractivity contribution in [1.82, 2.24) is 0 Å². The average Bonchev–Trinajstić information content (AvgIpc) is 2.00. The number of ketones is 1. The molecule has 0 N–H and O–H groups in total. The fraction of sp³-hybridized carbons (Fsp3) is 0.364. The molecule has 2 heteroatoms. The molecule has 0 unspecified atom stereocenters. The lowest BCUT2D eigenvalue weighted by Crippen LogP contribution is -2.12. The molecule has 0 atom stereocenters. The summed E-state index contributed by atoms with van der Waals surface area (Å²) in [6.07, 6.45) is 5.46. The molecule has 0 fully saturated rings. The predicted molar refractivity (Wildman–Crippen MR) is 60.8 cm³/mol. The van der Waals surface area contributed by atoms with E-state index >= 15 is 0 Å². The van der Waals surface area contributed by atoms with Crippen LogP contribution < -0.4 is 0 Å². The minimum Gasteiger partial charge on any atom is -0.295 e. The van der Waals surface area contributed by atoms with Gasteiger partial charge in [-0.25, -0.2) is 0 Å². The normalized spacial score (nSPS) is 11.6. The van der Waals surface area contributed by atoms with Crippen molar-refractivity contribution in [3.63, 3.8) is 0 Å². The van der Waals surface area contributed by atoms with Crippen LogP contribution in [0, 0.1) is 5.41 Å². The smallest absolute Gasteiger partial charge is 0.156 e. The first-order chi connectivity index (χ1) is 5.87. The van der Waals surface area contributed by atoms with E-state index in [2.05, 4.69) is 29.1 Å². The number of halogens is 1. The molecule has 0 aromatic carbocycles. The molecule has 0 amide bonds. The fourth-order valence-electron chi connectivity index (χ4n) is 0.764.